The van der Waals surface area contributed by atoms with Gasteiger partial charge in [0.25, 0.3) is 0 Å². The Labute approximate surface area is 170 Å². The summed E-state index contributed by atoms with van der Waals surface area (Å²) in [6, 6.07) is 21.5. The van der Waals surface area contributed by atoms with E-state index in [2.05, 4.69) is 12.2 Å². The number of nitrogens with one attached hydrogen (secondary N) is 1. The molecule has 150 valence electrons. The van der Waals surface area contributed by atoms with E-state index in [4.69, 9.17) is 5.11 Å². The molecule has 0 heterocycles. The maximum absolute atomic E-state index is 12.2. The normalized spacial score (nSPS) is 9.86. The highest BCUT2D eigenvalue weighted by atomic mass is 16.4. The molecule has 5 heteroatoms. The summed E-state index contributed by atoms with van der Waals surface area (Å²) in [6.07, 6.45) is 0.901. The maximum atomic E-state index is 12.2. The molecule has 0 atom stereocenters. The number of hydrogen-bond donors (Lipinski definition) is 3. The number of para-hydroxylation sites is 1. The van der Waals surface area contributed by atoms with Crippen LogP contribution in [0, 0.1) is 6.92 Å². The molecule has 0 aliphatic rings. The second kappa shape index (κ2) is 10.7. The van der Waals surface area contributed by atoms with Crippen LogP contribution in [0.1, 0.15) is 40.4 Å². The third-order valence-electron chi connectivity index (χ3n) is 4.27. The highest BCUT2D eigenvalue weighted by Gasteiger charge is 2.13. The Kier molecular flexibility index (Phi) is 7.98. The van der Waals surface area contributed by atoms with Gasteiger partial charge in [-0.25, -0.2) is 4.79 Å². The summed E-state index contributed by atoms with van der Waals surface area (Å²) >= 11 is 0. The molecule has 3 aromatic rings. The van der Waals surface area contributed by atoms with Crippen molar-refractivity contribution in [2.24, 2.45) is 0 Å². The van der Waals surface area contributed by atoms with Crippen molar-refractivity contribution in [2.45, 2.75) is 26.7 Å². The number of ketones is 1. The maximum Gasteiger partial charge on any atom is 0.409 e. The minimum atomic E-state index is -1.03. The lowest BCUT2D eigenvalue weighted by atomic mass is 10.00. The van der Waals surface area contributed by atoms with Crippen LogP contribution in [0.3, 0.4) is 0 Å². The van der Waals surface area contributed by atoms with Crippen molar-refractivity contribution in [3.63, 3.8) is 0 Å². The predicted molar refractivity (Wildman–Crippen MR) is 115 cm³/mol. The lowest BCUT2D eigenvalue weighted by Gasteiger charge is -2.06. The number of aromatic hydroxyl groups is 1. The summed E-state index contributed by atoms with van der Waals surface area (Å²) in [5, 5.41) is 20.6. The molecule has 0 aliphatic carbocycles. The van der Waals surface area contributed by atoms with Gasteiger partial charge in [-0.05, 0) is 42.7 Å². The summed E-state index contributed by atoms with van der Waals surface area (Å²) < 4.78 is 0. The van der Waals surface area contributed by atoms with Crippen LogP contribution in [0.5, 0.6) is 5.75 Å². The van der Waals surface area contributed by atoms with Crippen molar-refractivity contribution in [3.8, 4) is 5.75 Å². The van der Waals surface area contributed by atoms with Gasteiger partial charge in [-0.1, -0.05) is 67.9 Å². The van der Waals surface area contributed by atoms with Crippen LogP contribution in [0.25, 0.3) is 0 Å². The Morgan fingerprint density at radius 3 is 2.17 bits per heavy atom. The Hall–Kier alpha value is -3.60. The second-order valence-electron chi connectivity index (χ2n) is 6.54. The number of amides is 1. The van der Waals surface area contributed by atoms with Gasteiger partial charge >= 0.3 is 6.09 Å². The third kappa shape index (κ3) is 6.50. The fraction of sp³-hybridized carbons (Fsp3) is 0.167. The van der Waals surface area contributed by atoms with Crippen LogP contribution >= 0.6 is 0 Å². The van der Waals surface area contributed by atoms with Crippen molar-refractivity contribution >= 4 is 17.6 Å². The minimum Gasteiger partial charge on any atom is -0.507 e. The summed E-state index contributed by atoms with van der Waals surface area (Å²) in [4.78, 5) is 22.4. The first kappa shape index (κ1) is 21.7. The molecule has 3 rings (SSSR count). The van der Waals surface area contributed by atoms with Gasteiger partial charge < -0.3 is 10.2 Å². The zero-order valence-corrected chi connectivity index (χ0v) is 16.6. The van der Waals surface area contributed by atoms with Crippen molar-refractivity contribution in [1.82, 2.24) is 0 Å². The number of phenols is 1. The van der Waals surface area contributed by atoms with Crippen LogP contribution in [-0.4, -0.2) is 22.1 Å². The molecular weight excluding hydrogens is 366 g/mol. The van der Waals surface area contributed by atoms with Crippen LogP contribution in [0.4, 0.5) is 10.5 Å². The van der Waals surface area contributed by atoms with E-state index in [0.29, 0.717) is 16.8 Å². The van der Waals surface area contributed by atoms with Crippen molar-refractivity contribution < 1.29 is 19.8 Å². The lowest BCUT2D eigenvalue weighted by Crippen LogP contribution is -2.07. The zero-order chi connectivity index (χ0) is 21.2. The van der Waals surface area contributed by atoms with Gasteiger partial charge in [0.05, 0.1) is 5.56 Å². The molecule has 5 nitrogen and oxygen atoms in total. The number of carbonyl (C=O) groups is 2. The molecule has 0 spiro atoms. The Morgan fingerprint density at radius 1 is 0.931 bits per heavy atom. The number of anilines is 1. The third-order valence-corrected chi connectivity index (χ3v) is 4.27. The largest absolute Gasteiger partial charge is 0.507 e. The first-order valence-electron chi connectivity index (χ1n) is 9.39. The second-order valence-corrected chi connectivity index (χ2v) is 6.54. The van der Waals surface area contributed by atoms with E-state index in [0.717, 1.165) is 24.0 Å². The van der Waals surface area contributed by atoms with E-state index in [1.54, 1.807) is 36.4 Å². The average Bonchev–Trinajstić information content (AvgIpc) is 2.70. The van der Waals surface area contributed by atoms with Crippen molar-refractivity contribution in [2.75, 3.05) is 5.32 Å². The molecule has 0 saturated carbocycles. The van der Waals surface area contributed by atoms with Crippen LogP contribution in [0.2, 0.25) is 0 Å². The van der Waals surface area contributed by atoms with E-state index >= 15 is 0 Å². The Bertz CT molecular complexity index is 968. The van der Waals surface area contributed by atoms with Gasteiger partial charge in [0.2, 0.25) is 0 Å². The first-order valence-corrected chi connectivity index (χ1v) is 9.39. The molecule has 29 heavy (non-hydrogen) atoms. The number of carboxylic acid groups (broad SMARTS) is 1. The SMILES string of the molecule is CCCc1ccc(C(=O)c2ccccc2)c(O)c1.Cc1ccccc1NC(=O)O. The van der Waals surface area contributed by atoms with Crippen molar-refractivity contribution in [1.29, 1.82) is 0 Å². The molecular formula is C24H25NO4. The number of benzene rings is 3. The number of phenolic OH excluding ortho intramolecular Hbond substituents is 1. The summed E-state index contributed by atoms with van der Waals surface area (Å²) in [6.45, 7) is 3.94. The minimum absolute atomic E-state index is 0.0646. The fourth-order valence-corrected chi connectivity index (χ4v) is 2.79. The summed E-state index contributed by atoms with van der Waals surface area (Å²) in [5.41, 5.74) is 3.58. The quantitative estimate of drug-likeness (QED) is 0.490. The fourth-order valence-electron chi connectivity index (χ4n) is 2.79. The number of aryl methyl sites for hydroxylation is 2. The van der Waals surface area contributed by atoms with Gasteiger partial charge in [-0.15, -0.1) is 0 Å². The molecule has 0 bridgehead atoms. The van der Waals surface area contributed by atoms with E-state index in [1.807, 2.05) is 43.3 Å². The highest BCUT2D eigenvalue weighted by molar-refractivity contribution is 6.10. The van der Waals surface area contributed by atoms with Crippen LogP contribution in [0.15, 0.2) is 72.8 Å². The Morgan fingerprint density at radius 2 is 1.59 bits per heavy atom. The van der Waals surface area contributed by atoms with Gasteiger partial charge in [0, 0.05) is 11.3 Å². The molecule has 1 amide bonds. The Balaban J connectivity index is 0.000000234. The molecule has 0 fully saturated rings. The van der Waals surface area contributed by atoms with E-state index < -0.39 is 6.09 Å². The average molecular weight is 391 g/mol. The predicted octanol–water partition coefficient (Wildman–Crippen LogP) is 5.66. The number of hydrogen-bond acceptors (Lipinski definition) is 3. The van der Waals surface area contributed by atoms with Crippen molar-refractivity contribution in [3.05, 3.63) is 95.1 Å². The standard InChI is InChI=1S/C16H16O2.C8H9NO2/c1-2-6-12-9-10-14(15(17)11-12)16(18)13-7-4-3-5-8-13;1-6-4-2-3-5-7(6)9-8(10)11/h3-5,7-11,17H,2,6H2,1H3;2-5,9H,1H3,(H,10,11). The number of carbonyl (C=O) groups excluding carboxylic acids is 1. The summed E-state index contributed by atoms with van der Waals surface area (Å²) in [7, 11) is 0. The van der Waals surface area contributed by atoms with Crippen LogP contribution < -0.4 is 5.32 Å². The molecule has 0 aromatic heterocycles. The lowest BCUT2D eigenvalue weighted by molar-refractivity contribution is 0.103. The molecule has 0 aliphatic heterocycles. The monoisotopic (exact) mass is 391 g/mol. The molecule has 0 unspecified atom stereocenters. The number of rotatable bonds is 5. The molecule has 3 N–H and O–H groups in total. The van der Waals surface area contributed by atoms with Gasteiger partial charge in [0.1, 0.15) is 5.75 Å². The first-order chi connectivity index (χ1) is 13.9. The molecule has 0 saturated heterocycles. The molecule has 0 radical (unpaired) electrons. The van der Waals surface area contributed by atoms with E-state index in [9.17, 15) is 14.7 Å². The zero-order valence-electron chi connectivity index (χ0n) is 16.6. The van der Waals surface area contributed by atoms with Gasteiger partial charge in [-0.3, -0.25) is 10.1 Å². The van der Waals surface area contributed by atoms with Crippen LogP contribution in [-0.2, 0) is 6.42 Å². The smallest absolute Gasteiger partial charge is 0.409 e. The van der Waals surface area contributed by atoms with E-state index in [-0.39, 0.29) is 11.5 Å². The highest BCUT2D eigenvalue weighted by Crippen LogP contribution is 2.22. The molecule has 3 aromatic carbocycles. The van der Waals surface area contributed by atoms with E-state index in [1.165, 1.54) is 0 Å². The van der Waals surface area contributed by atoms with Gasteiger partial charge in [-0.2, -0.15) is 0 Å². The summed E-state index contributed by atoms with van der Waals surface area (Å²) in [5.74, 6) is -0.0778. The van der Waals surface area contributed by atoms with Gasteiger partial charge in [0.15, 0.2) is 5.78 Å². The topological polar surface area (TPSA) is 86.6 Å².